The van der Waals surface area contributed by atoms with Gasteiger partial charge in [0, 0.05) is 24.9 Å². The van der Waals surface area contributed by atoms with Gasteiger partial charge in [-0.15, -0.1) is 10.2 Å². The molecule has 0 aromatic carbocycles. The van der Waals surface area contributed by atoms with E-state index in [2.05, 4.69) is 10.2 Å². The third-order valence-electron chi connectivity index (χ3n) is 2.82. The van der Waals surface area contributed by atoms with Gasteiger partial charge >= 0.3 is 0 Å². The Balaban J connectivity index is 2.20. The van der Waals surface area contributed by atoms with E-state index in [1.54, 1.807) is 11.5 Å². The van der Waals surface area contributed by atoms with Gasteiger partial charge < -0.3 is 10.3 Å². The lowest BCUT2D eigenvalue weighted by Gasteiger charge is -2.33. The first kappa shape index (κ1) is 10.5. The summed E-state index contributed by atoms with van der Waals surface area (Å²) in [7, 11) is 0. The molecule has 0 aliphatic heterocycles. The summed E-state index contributed by atoms with van der Waals surface area (Å²) < 4.78 is 28.3. The number of aromatic nitrogens is 3. The van der Waals surface area contributed by atoms with Gasteiger partial charge in [-0.2, -0.15) is 0 Å². The quantitative estimate of drug-likeness (QED) is 0.769. The molecule has 1 aliphatic carbocycles. The fourth-order valence-electron chi connectivity index (χ4n) is 2.20. The maximum atomic E-state index is 13.3. The summed E-state index contributed by atoms with van der Waals surface area (Å²) in [4.78, 5) is 0. The Morgan fingerprint density at radius 2 is 2.27 bits per heavy atom. The Morgan fingerprint density at radius 1 is 1.53 bits per heavy atom. The van der Waals surface area contributed by atoms with E-state index in [1.807, 2.05) is 0 Å². The van der Waals surface area contributed by atoms with Gasteiger partial charge in [0.25, 0.3) is 5.92 Å². The molecule has 2 N–H and O–H groups in total. The molecule has 2 rings (SSSR count). The first-order valence-electron chi connectivity index (χ1n) is 4.97. The zero-order valence-electron chi connectivity index (χ0n) is 8.53. The van der Waals surface area contributed by atoms with Gasteiger partial charge in [0.2, 0.25) is 0 Å². The molecule has 4 nitrogen and oxygen atoms in total. The number of alkyl halides is 2. The molecule has 0 bridgehead atoms. The van der Waals surface area contributed by atoms with E-state index in [0.717, 1.165) is 0 Å². The summed E-state index contributed by atoms with van der Waals surface area (Å²) in [6.07, 6.45) is 1.67. The van der Waals surface area contributed by atoms with Crippen LogP contribution in [-0.2, 0) is 0 Å². The van der Waals surface area contributed by atoms with Crippen molar-refractivity contribution in [1.29, 1.82) is 0 Å². The lowest BCUT2D eigenvalue weighted by Crippen LogP contribution is -2.40. The first-order chi connectivity index (χ1) is 6.98. The summed E-state index contributed by atoms with van der Waals surface area (Å²) in [5.41, 5.74) is 5.62. The maximum Gasteiger partial charge on any atom is 0.251 e. The van der Waals surface area contributed by atoms with Crippen LogP contribution in [0.15, 0.2) is 6.33 Å². The van der Waals surface area contributed by atoms with Crippen molar-refractivity contribution < 1.29 is 8.78 Å². The van der Waals surface area contributed by atoms with Gasteiger partial charge in [0.1, 0.15) is 12.2 Å². The average molecular weight is 216 g/mol. The van der Waals surface area contributed by atoms with Crippen LogP contribution in [0.5, 0.6) is 0 Å². The molecule has 1 fully saturated rings. The second-order valence-electron chi connectivity index (χ2n) is 4.20. The lowest BCUT2D eigenvalue weighted by atomic mass is 9.88. The van der Waals surface area contributed by atoms with Crippen molar-refractivity contribution in [1.82, 2.24) is 14.8 Å². The molecule has 15 heavy (non-hydrogen) atoms. The monoisotopic (exact) mass is 216 g/mol. The molecule has 1 aromatic rings. The number of hydrogen-bond acceptors (Lipinski definition) is 3. The van der Waals surface area contributed by atoms with Crippen molar-refractivity contribution in [2.75, 3.05) is 0 Å². The normalized spacial score (nSPS) is 30.4. The van der Waals surface area contributed by atoms with Crippen LogP contribution in [0.1, 0.15) is 31.1 Å². The Bertz CT molecular complexity index is 350. The van der Waals surface area contributed by atoms with Crippen LogP contribution in [0.3, 0.4) is 0 Å². The third-order valence-corrected chi connectivity index (χ3v) is 2.82. The molecule has 0 spiro atoms. The van der Waals surface area contributed by atoms with Crippen molar-refractivity contribution >= 4 is 0 Å². The Hall–Kier alpha value is -1.04. The number of aryl methyl sites for hydroxylation is 1. The summed E-state index contributed by atoms with van der Waals surface area (Å²) in [5, 5.41) is 7.49. The maximum absolute atomic E-state index is 13.3. The van der Waals surface area contributed by atoms with Gasteiger partial charge in [-0.3, -0.25) is 0 Å². The van der Waals surface area contributed by atoms with Crippen LogP contribution in [0.4, 0.5) is 8.78 Å². The van der Waals surface area contributed by atoms with E-state index in [4.69, 9.17) is 5.73 Å². The minimum Gasteiger partial charge on any atom is -0.327 e. The minimum atomic E-state index is -2.67. The summed E-state index contributed by atoms with van der Waals surface area (Å²) in [5.74, 6) is -2.01. The predicted molar refractivity (Wildman–Crippen MR) is 50.6 cm³/mol. The Labute approximate surface area is 86.5 Å². The zero-order valence-corrected chi connectivity index (χ0v) is 8.53. The van der Waals surface area contributed by atoms with Crippen molar-refractivity contribution in [3.63, 3.8) is 0 Å². The molecule has 0 radical (unpaired) electrons. The standard InChI is InChI=1S/C9H14F2N4/c1-6-14-13-5-15(6)8-2-7(12)3-9(10,11)4-8/h5,7-8H,2-4,12H2,1H3/t7-,8+/m1/s1. The zero-order chi connectivity index (χ0) is 11.1. The molecular weight excluding hydrogens is 202 g/mol. The average Bonchev–Trinajstić information content (AvgIpc) is 2.47. The van der Waals surface area contributed by atoms with Gasteiger partial charge in [0.05, 0.1) is 0 Å². The number of halogens is 2. The smallest absolute Gasteiger partial charge is 0.251 e. The molecule has 1 aliphatic rings. The number of hydrogen-bond donors (Lipinski definition) is 1. The summed E-state index contributed by atoms with van der Waals surface area (Å²) in [6.45, 7) is 1.76. The molecule has 0 amide bonds. The molecule has 1 heterocycles. The number of nitrogens with zero attached hydrogens (tertiary/aromatic N) is 3. The molecule has 0 saturated heterocycles. The first-order valence-corrected chi connectivity index (χ1v) is 4.97. The van der Waals surface area contributed by atoms with Crippen LogP contribution in [-0.4, -0.2) is 26.7 Å². The van der Waals surface area contributed by atoms with Crippen LogP contribution in [0.25, 0.3) is 0 Å². The van der Waals surface area contributed by atoms with Crippen LogP contribution in [0, 0.1) is 6.92 Å². The molecule has 84 valence electrons. The van der Waals surface area contributed by atoms with E-state index in [9.17, 15) is 8.78 Å². The van der Waals surface area contributed by atoms with Gasteiger partial charge in [-0.25, -0.2) is 8.78 Å². The molecule has 2 atom stereocenters. The van der Waals surface area contributed by atoms with E-state index < -0.39 is 12.0 Å². The Kier molecular flexibility index (Phi) is 2.46. The highest BCUT2D eigenvalue weighted by Crippen LogP contribution is 2.38. The highest BCUT2D eigenvalue weighted by molar-refractivity contribution is 4.93. The number of nitrogens with two attached hydrogens (primary N) is 1. The molecular formula is C9H14F2N4. The van der Waals surface area contributed by atoms with Crippen molar-refractivity contribution in [3.8, 4) is 0 Å². The summed E-state index contributed by atoms with van der Waals surface area (Å²) in [6, 6.07) is -0.723. The van der Waals surface area contributed by atoms with E-state index in [-0.39, 0.29) is 18.9 Å². The van der Waals surface area contributed by atoms with E-state index in [0.29, 0.717) is 12.2 Å². The third kappa shape index (κ3) is 2.14. The van der Waals surface area contributed by atoms with Crippen LogP contribution in [0.2, 0.25) is 0 Å². The van der Waals surface area contributed by atoms with Gasteiger partial charge in [0.15, 0.2) is 0 Å². The number of rotatable bonds is 1. The van der Waals surface area contributed by atoms with Crippen LogP contribution >= 0.6 is 0 Å². The van der Waals surface area contributed by atoms with Crippen molar-refractivity contribution in [2.24, 2.45) is 5.73 Å². The second kappa shape index (κ2) is 3.52. The van der Waals surface area contributed by atoms with Crippen molar-refractivity contribution in [2.45, 2.75) is 44.2 Å². The molecule has 1 aromatic heterocycles. The lowest BCUT2D eigenvalue weighted by molar-refractivity contribution is -0.0560. The predicted octanol–water partition coefficient (Wildman–Crippen LogP) is 1.27. The summed E-state index contributed by atoms with van der Waals surface area (Å²) >= 11 is 0. The van der Waals surface area contributed by atoms with E-state index in [1.165, 1.54) is 6.33 Å². The molecule has 1 saturated carbocycles. The fourth-order valence-corrected chi connectivity index (χ4v) is 2.20. The molecule has 0 unspecified atom stereocenters. The highest BCUT2D eigenvalue weighted by Gasteiger charge is 2.40. The van der Waals surface area contributed by atoms with Gasteiger partial charge in [-0.1, -0.05) is 0 Å². The fraction of sp³-hybridized carbons (Fsp3) is 0.778. The Morgan fingerprint density at radius 3 is 2.80 bits per heavy atom. The minimum absolute atomic E-state index is 0.167. The van der Waals surface area contributed by atoms with Gasteiger partial charge in [-0.05, 0) is 13.3 Å². The largest absolute Gasteiger partial charge is 0.327 e. The molecule has 6 heteroatoms. The topological polar surface area (TPSA) is 56.7 Å². The second-order valence-corrected chi connectivity index (χ2v) is 4.20. The highest BCUT2D eigenvalue weighted by atomic mass is 19.3. The van der Waals surface area contributed by atoms with Crippen LogP contribution < -0.4 is 5.73 Å². The SMILES string of the molecule is Cc1nncn1[C@H]1C[C@@H](N)CC(F)(F)C1. The van der Waals surface area contributed by atoms with Crippen molar-refractivity contribution in [3.05, 3.63) is 12.2 Å². The van der Waals surface area contributed by atoms with E-state index >= 15 is 0 Å².